The molecule has 0 bridgehead atoms. The van der Waals surface area contributed by atoms with Gasteiger partial charge < -0.3 is 9.72 Å². The lowest BCUT2D eigenvalue weighted by atomic mass is 10.2. The quantitative estimate of drug-likeness (QED) is 0.513. The maximum Gasteiger partial charge on any atom is 0.261 e. The molecule has 5 rings (SSSR count). The smallest absolute Gasteiger partial charge is 0.261 e. The molecule has 8 nitrogen and oxygen atoms in total. The summed E-state index contributed by atoms with van der Waals surface area (Å²) < 4.78 is 27.0. The van der Waals surface area contributed by atoms with Crippen LogP contribution in [0.1, 0.15) is 27.7 Å². The summed E-state index contributed by atoms with van der Waals surface area (Å²) in [6.07, 6.45) is 9.70. The van der Waals surface area contributed by atoms with E-state index in [1.165, 1.54) is 11.3 Å². The van der Waals surface area contributed by atoms with Crippen LogP contribution in [0.2, 0.25) is 0 Å². The highest BCUT2D eigenvalue weighted by molar-refractivity contribution is 7.91. The van der Waals surface area contributed by atoms with E-state index in [4.69, 9.17) is 0 Å². The average Bonchev–Trinajstić information content (AvgIpc) is 3.50. The van der Waals surface area contributed by atoms with Crippen molar-refractivity contribution in [2.75, 3.05) is 11.5 Å². The highest BCUT2D eigenvalue weighted by Gasteiger charge is 2.29. The lowest BCUT2D eigenvalue weighted by Crippen LogP contribution is -2.21. The molecule has 30 heavy (non-hydrogen) atoms. The van der Waals surface area contributed by atoms with E-state index in [0.29, 0.717) is 17.8 Å². The summed E-state index contributed by atoms with van der Waals surface area (Å²) in [6, 6.07) is 7.47. The maximum absolute atomic E-state index is 12.6. The van der Waals surface area contributed by atoms with Crippen LogP contribution < -0.4 is 5.32 Å². The summed E-state index contributed by atoms with van der Waals surface area (Å²) in [5, 5.41) is 7.28. The third kappa shape index (κ3) is 3.75. The average molecular weight is 442 g/mol. The molecule has 0 spiro atoms. The number of pyridine rings is 1. The highest BCUT2D eigenvalue weighted by Crippen LogP contribution is 2.30. The zero-order chi connectivity index (χ0) is 20.7. The Morgan fingerprint density at radius 2 is 2.17 bits per heavy atom. The Bertz CT molecular complexity index is 1340. The molecule has 4 aromatic rings. The van der Waals surface area contributed by atoms with Gasteiger partial charge in [-0.2, -0.15) is 5.10 Å². The van der Waals surface area contributed by atoms with Crippen LogP contribution in [0.3, 0.4) is 0 Å². The molecule has 1 amide bonds. The second-order valence-electron chi connectivity index (χ2n) is 7.34. The molecule has 1 saturated heterocycles. The van der Waals surface area contributed by atoms with Gasteiger partial charge in [-0.25, -0.2) is 13.4 Å². The van der Waals surface area contributed by atoms with Crippen LogP contribution in [0.15, 0.2) is 55.2 Å². The van der Waals surface area contributed by atoms with Crippen molar-refractivity contribution in [3.63, 3.8) is 0 Å². The predicted octanol–water partition coefficient (Wildman–Crippen LogP) is 2.55. The van der Waals surface area contributed by atoms with E-state index in [9.17, 15) is 13.2 Å². The molecule has 0 aliphatic carbocycles. The number of rotatable bonds is 5. The van der Waals surface area contributed by atoms with Crippen LogP contribution in [0, 0.1) is 0 Å². The predicted molar refractivity (Wildman–Crippen MR) is 114 cm³/mol. The van der Waals surface area contributed by atoms with E-state index in [0.717, 1.165) is 21.7 Å². The van der Waals surface area contributed by atoms with Gasteiger partial charge in [0, 0.05) is 41.8 Å². The molecule has 154 valence electrons. The molecule has 1 aliphatic heterocycles. The molecule has 1 N–H and O–H groups in total. The number of imidazole rings is 1. The Morgan fingerprint density at radius 3 is 3.00 bits per heavy atom. The van der Waals surface area contributed by atoms with Crippen LogP contribution in [-0.2, 0) is 16.4 Å². The van der Waals surface area contributed by atoms with Gasteiger partial charge in [0.15, 0.2) is 9.84 Å². The minimum atomic E-state index is -2.96. The van der Waals surface area contributed by atoms with Gasteiger partial charge in [-0.15, -0.1) is 11.3 Å². The molecule has 5 heterocycles. The second-order valence-corrected chi connectivity index (χ2v) is 10.7. The second kappa shape index (κ2) is 7.37. The Morgan fingerprint density at radius 1 is 1.27 bits per heavy atom. The van der Waals surface area contributed by atoms with Gasteiger partial charge in [0.05, 0.1) is 28.6 Å². The summed E-state index contributed by atoms with van der Waals surface area (Å²) in [5.74, 6) is 0.212. The Hall–Kier alpha value is -2.98. The Balaban J connectivity index is 1.25. The minimum absolute atomic E-state index is 0.112. The number of amides is 1. The first kappa shape index (κ1) is 19.0. The summed E-state index contributed by atoms with van der Waals surface area (Å²) >= 11 is 1.39. The van der Waals surface area contributed by atoms with E-state index in [-0.39, 0.29) is 23.5 Å². The van der Waals surface area contributed by atoms with Crippen molar-refractivity contribution in [1.82, 2.24) is 24.5 Å². The van der Waals surface area contributed by atoms with Crippen LogP contribution in [0.4, 0.5) is 0 Å². The summed E-state index contributed by atoms with van der Waals surface area (Å²) in [4.78, 5) is 18.3. The van der Waals surface area contributed by atoms with Gasteiger partial charge in [0.2, 0.25) is 0 Å². The molecule has 0 radical (unpaired) electrons. The fraction of sp³-hybridized carbons (Fsp3) is 0.250. The fourth-order valence-corrected chi connectivity index (χ4v) is 6.20. The monoisotopic (exact) mass is 441 g/mol. The number of thiophene rings is 1. The number of nitrogens with one attached hydrogen (secondary N) is 1. The highest BCUT2D eigenvalue weighted by atomic mass is 32.2. The van der Waals surface area contributed by atoms with E-state index in [1.54, 1.807) is 23.1 Å². The van der Waals surface area contributed by atoms with Crippen molar-refractivity contribution in [3.05, 3.63) is 65.7 Å². The van der Waals surface area contributed by atoms with Gasteiger partial charge >= 0.3 is 0 Å². The lowest BCUT2D eigenvalue weighted by molar-refractivity contribution is 0.0955. The van der Waals surface area contributed by atoms with E-state index < -0.39 is 9.84 Å². The number of hydrogen-bond donors (Lipinski definition) is 1. The topological polar surface area (TPSA) is 98.4 Å². The number of fused-ring (bicyclic) bond motifs is 1. The van der Waals surface area contributed by atoms with Crippen molar-refractivity contribution in [2.24, 2.45) is 0 Å². The molecule has 1 fully saturated rings. The zero-order valence-electron chi connectivity index (χ0n) is 15.9. The third-order valence-corrected chi connectivity index (χ3v) is 8.10. The Kier molecular flexibility index (Phi) is 4.67. The number of sulfone groups is 1. The molecule has 10 heteroatoms. The molecule has 0 aromatic carbocycles. The standard InChI is InChI=1S/C20H19N5O3S2/c26-20(22-10-14-3-6-24-7-5-21-19(24)9-14)18-2-1-17(29-18)15-11-23-25(12-15)16-4-8-30(27,28)13-16/h1-3,5-7,9,11-12,16H,4,8,10,13H2,(H,22,26). The van der Waals surface area contributed by atoms with Gasteiger partial charge in [0.25, 0.3) is 5.91 Å². The van der Waals surface area contributed by atoms with Gasteiger partial charge in [0.1, 0.15) is 5.65 Å². The number of nitrogens with zero attached hydrogens (tertiary/aromatic N) is 4. The van der Waals surface area contributed by atoms with Crippen LogP contribution in [-0.4, -0.2) is 45.0 Å². The molecule has 1 aliphatic rings. The lowest BCUT2D eigenvalue weighted by Gasteiger charge is -2.06. The largest absolute Gasteiger partial charge is 0.347 e. The summed E-state index contributed by atoms with van der Waals surface area (Å²) in [6.45, 7) is 0.420. The van der Waals surface area contributed by atoms with Crippen molar-refractivity contribution in [3.8, 4) is 10.4 Å². The van der Waals surface area contributed by atoms with E-state index >= 15 is 0 Å². The van der Waals surface area contributed by atoms with Crippen molar-refractivity contribution < 1.29 is 13.2 Å². The van der Waals surface area contributed by atoms with E-state index in [1.807, 2.05) is 41.2 Å². The zero-order valence-corrected chi connectivity index (χ0v) is 17.6. The van der Waals surface area contributed by atoms with Gasteiger partial charge in [-0.3, -0.25) is 9.48 Å². The van der Waals surface area contributed by atoms with Crippen LogP contribution >= 0.6 is 11.3 Å². The fourth-order valence-electron chi connectivity index (χ4n) is 3.60. The third-order valence-electron chi connectivity index (χ3n) is 5.21. The SMILES string of the molecule is O=C(NCc1ccn2ccnc2c1)c1ccc(-c2cnn(C3CCS(=O)(=O)C3)c2)s1. The number of carbonyl (C=O) groups excluding carboxylic acids is 1. The molecule has 1 unspecified atom stereocenters. The van der Waals surface area contributed by atoms with Gasteiger partial charge in [-0.05, 0) is 36.2 Å². The molecule has 1 atom stereocenters. The van der Waals surface area contributed by atoms with Crippen LogP contribution in [0.25, 0.3) is 16.1 Å². The molecular formula is C20H19N5O3S2. The minimum Gasteiger partial charge on any atom is -0.347 e. The molecule has 0 saturated carbocycles. The number of carbonyl (C=O) groups is 1. The summed E-state index contributed by atoms with van der Waals surface area (Å²) in [5.41, 5.74) is 2.70. The first-order valence-electron chi connectivity index (χ1n) is 9.51. The number of hydrogen-bond acceptors (Lipinski definition) is 6. The van der Waals surface area contributed by atoms with Crippen LogP contribution in [0.5, 0.6) is 0 Å². The maximum atomic E-state index is 12.6. The molecular weight excluding hydrogens is 422 g/mol. The van der Waals surface area contributed by atoms with Crippen molar-refractivity contribution in [2.45, 2.75) is 19.0 Å². The van der Waals surface area contributed by atoms with Gasteiger partial charge in [-0.1, -0.05) is 0 Å². The number of aromatic nitrogens is 4. The Labute approximate surface area is 177 Å². The summed E-state index contributed by atoms with van der Waals surface area (Å²) in [7, 11) is -2.96. The van der Waals surface area contributed by atoms with E-state index in [2.05, 4.69) is 15.4 Å². The van der Waals surface area contributed by atoms with Crippen molar-refractivity contribution >= 4 is 32.7 Å². The molecule has 4 aromatic heterocycles. The van der Waals surface area contributed by atoms with Crippen molar-refractivity contribution in [1.29, 1.82) is 0 Å². The normalized spacial score (nSPS) is 18.1. The first-order valence-corrected chi connectivity index (χ1v) is 12.2. The first-order chi connectivity index (χ1) is 14.5.